The zero-order valence-corrected chi connectivity index (χ0v) is 12.4. The van der Waals surface area contributed by atoms with Crippen molar-refractivity contribution in [2.75, 3.05) is 24.3 Å². The Morgan fingerprint density at radius 1 is 1.50 bits per heavy atom. The number of sulfonamides is 1. The van der Waals surface area contributed by atoms with Crippen LogP contribution in [0.2, 0.25) is 5.02 Å². The van der Waals surface area contributed by atoms with E-state index in [1.807, 2.05) is 0 Å². The van der Waals surface area contributed by atoms with Gasteiger partial charge in [0.2, 0.25) is 15.9 Å². The van der Waals surface area contributed by atoms with Gasteiger partial charge in [0.1, 0.15) is 5.75 Å². The number of hydrogen-bond donors (Lipinski definition) is 1. The molecule has 0 radical (unpaired) electrons. The van der Waals surface area contributed by atoms with Crippen molar-refractivity contribution >= 4 is 33.2 Å². The van der Waals surface area contributed by atoms with E-state index in [2.05, 4.69) is 0 Å². The van der Waals surface area contributed by atoms with E-state index in [9.17, 15) is 13.2 Å². The second-order valence-corrected chi connectivity index (χ2v) is 6.82. The molecule has 1 aromatic rings. The lowest BCUT2D eigenvalue weighted by molar-refractivity contribution is -0.117. The van der Waals surface area contributed by atoms with Crippen LogP contribution < -0.4 is 14.8 Å². The molecule has 1 atom stereocenters. The molecule has 1 aromatic carbocycles. The number of halogens is 1. The van der Waals surface area contributed by atoms with Crippen molar-refractivity contribution in [3.63, 3.8) is 0 Å². The Bertz CT molecular complexity index is 632. The van der Waals surface area contributed by atoms with Crippen LogP contribution >= 0.6 is 11.6 Å². The topological polar surface area (TPSA) is 89.7 Å². The maximum Gasteiger partial charge on any atom is 0.227 e. The molecule has 1 aliphatic rings. The molecule has 110 valence electrons. The average molecular weight is 319 g/mol. The monoisotopic (exact) mass is 318 g/mol. The van der Waals surface area contributed by atoms with E-state index >= 15 is 0 Å². The number of ether oxygens (including phenoxy) is 1. The van der Waals surface area contributed by atoms with E-state index in [4.69, 9.17) is 21.5 Å². The highest BCUT2D eigenvalue weighted by Crippen LogP contribution is 2.35. The molecule has 0 spiro atoms. The zero-order valence-electron chi connectivity index (χ0n) is 10.9. The smallest absolute Gasteiger partial charge is 0.227 e. The van der Waals surface area contributed by atoms with Crippen LogP contribution in [0.1, 0.15) is 6.42 Å². The number of rotatable bonds is 4. The minimum absolute atomic E-state index is 0.145. The first-order valence-corrected chi connectivity index (χ1v) is 8.04. The van der Waals surface area contributed by atoms with E-state index < -0.39 is 10.0 Å². The highest BCUT2D eigenvalue weighted by atomic mass is 35.5. The fraction of sp³-hybridized carbons (Fsp3) is 0.417. The Labute approximate surface area is 122 Å². The summed E-state index contributed by atoms with van der Waals surface area (Å²) in [6.45, 7) is 0.284. The van der Waals surface area contributed by atoms with Gasteiger partial charge in [-0.05, 0) is 18.2 Å². The van der Waals surface area contributed by atoms with Gasteiger partial charge in [0, 0.05) is 23.9 Å². The van der Waals surface area contributed by atoms with Gasteiger partial charge in [0.15, 0.2) is 0 Å². The zero-order chi connectivity index (χ0) is 14.9. The van der Waals surface area contributed by atoms with Crippen molar-refractivity contribution in [1.82, 2.24) is 0 Å². The van der Waals surface area contributed by atoms with Gasteiger partial charge in [0.05, 0.1) is 18.6 Å². The predicted molar refractivity (Wildman–Crippen MR) is 76.4 cm³/mol. The molecule has 1 heterocycles. The molecule has 0 aromatic heterocycles. The highest BCUT2D eigenvalue weighted by Gasteiger charge is 2.34. The van der Waals surface area contributed by atoms with Crippen LogP contribution in [0.3, 0.4) is 0 Å². The van der Waals surface area contributed by atoms with Gasteiger partial charge in [-0.1, -0.05) is 11.6 Å². The fourth-order valence-electron chi connectivity index (χ4n) is 2.33. The number of carbonyl (C=O) groups is 1. The van der Waals surface area contributed by atoms with Gasteiger partial charge in [-0.25, -0.2) is 13.6 Å². The Morgan fingerprint density at radius 3 is 2.80 bits per heavy atom. The van der Waals surface area contributed by atoms with Crippen molar-refractivity contribution in [3.8, 4) is 5.75 Å². The standard InChI is InChI=1S/C12H15ClN2O4S/c1-19-11-3-2-9(13)5-10(11)15-6-8(4-12(15)16)7-20(14,17)18/h2-3,5,8H,4,6-7H2,1H3,(H2,14,17,18). The number of benzene rings is 1. The number of amides is 1. The summed E-state index contributed by atoms with van der Waals surface area (Å²) in [5, 5.41) is 5.50. The number of nitrogens with zero attached hydrogens (tertiary/aromatic N) is 1. The molecule has 1 fully saturated rings. The van der Waals surface area contributed by atoms with Crippen LogP contribution in [0.25, 0.3) is 0 Å². The first-order valence-electron chi connectivity index (χ1n) is 5.94. The Morgan fingerprint density at radius 2 is 2.20 bits per heavy atom. The number of primary sulfonamides is 1. The van der Waals surface area contributed by atoms with Crippen molar-refractivity contribution in [2.45, 2.75) is 6.42 Å². The largest absolute Gasteiger partial charge is 0.495 e. The van der Waals surface area contributed by atoms with Gasteiger partial charge in [-0.2, -0.15) is 0 Å². The first-order chi connectivity index (χ1) is 9.30. The van der Waals surface area contributed by atoms with Crippen LogP contribution in [0, 0.1) is 5.92 Å². The normalized spacial score (nSPS) is 19.4. The minimum Gasteiger partial charge on any atom is -0.495 e. The third-order valence-corrected chi connectivity index (χ3v) is 4.28. The van der Waals surface area contributed by atoms with E-state index in [0.29, 0.717) is 16.5 Å². The van der Waals surface area contributed by atoms with Crippen molar-refractivity contribution < 1.29 is 17.9 Å². The summed E-state index contributed by atoms with van der Waals surface area (Å²) >= 11 is 5.93. The van der Waals surface area contributed by atoms with E-state index in [0.717, 1.165) is 0 Å². The lowest BCUT2D eigenvalue weighted by atomic mass is 10.1. The van der Waals surface area contributed by atoms with Gasteiger partial charge < -0.3 is 9.64 Å². The highest BCUT2D eigenvalue weighted by molar-refractivity contribution is 7.89. The number of carbonyl (C=O) groups excluding carboxylic acids is 1. The molecule has 0 saturated carbocycles. The predicted octanol–water partition coefficient (Wildman–Crippen LogP) is 0.990. The van der Waals surface area contributed by atoms with Gasteiger partial charge in [0.25, 0.3) is 0 Å². The maximum absolute atomic E-state index is 12.0. The SMILES string of the molecule is COc1ccc(Cl)cc1N1CC(CS(N)(=O)=O)CC1=O. The Hall–Kier alpha value is -1.31. The molecule has 2 rings (SSSR count). The molecule has 1 aliphatic heterocycles. The quantitative estimate of drug-likeness (QED) is 0.896. The van der Waals surface area contributed by atoms with E-state index in [1.54, 1.807) is 18.2 Å². The summed E-state index contributed by atoms with van der Waals surface area (Å²) in [5.74, 6) is -0.183. The third kappa shape index (κ3) is 3.41. The van der Waals surface area contributed by atoms with Gasteiger partial charge >= 0.3 is 0 Å². The molecule has 1 saturated heterocycles. The van der Waals surface area contributed by atoms with Crippen molar-refractivity contribution in [3.05, 3.63) is 23.2 Å². The van der Waals surface area contributed by atoms with Crippen LogP contribution in [0.15, 0.2) is 18.2 Å². The molecule has 2 N–H and O–H groups in total. The van der Waals surface area contributed by atoms with E-state index in [-0.39, 0.29) is 30.5 Å². The van der Waals surface area contributed by atoms with Crippen LogP contribution in [0.4, 0.5) is 5.69 Å². The molecule has 1 amide bonds. The van der Waals surface area contributed by atoms with Gasteiger partial charge in [-0.15, -0.1) is 0 Å². The minimum atomic E-state index is -3.60. The molecule has 6 nitrogen and oxygen atoms in total. The molecular formula is C12H15ClN2O4S. The molecule has 0 bridgehead atoms. The lowest BCUT2D eigenvalue weighted by Crippen LogP contribution is -2.27. The molecule has 0 aliphatic carbocycles. The second kappa shape index (κ2) is 5.59. The van der Waals surface area contributed by atoms with Crippen molar-refractivity contribution in [1.29, 1.82) is 0 Å². The third-order valence-electron chi connectivity index (χ3n) is 3.10. The molecular weight excluding hydrogens is 304 g/mol. The summed E-state index contributed by atoms with van der Waals surface area (Å²) in [7, 11) is -2.10. The van der Waals surface area contributed by atoms with Crippen LogP contribution in [0.5, 0.6) is 5.75 Å². The molecule has 1 unspecified atom stereocenters. The number of methoxy groups -OCH3 is 1. The molecule has 8 heteroatoms. The Balaban J connectivity index is 2.26. The average Bonchev–Trinajstić information content (AvgIpc) is 2.67. The summed E-state index contributed by atoms with van der Waals surface area (Å²) in [6, 6.07) is 4.95. The van der Waals surface area contributed by atoms with E-state index in [1.165, 1.54) is 12.0 Å². The van der Waals surface area contributed by atoms with Crippen LogP contribution in [-0.4, -0.2) is 33.7 Å². The lowest BCUT2D eigenvalue weighted by Gasteiger charge is -2.19. The first kappa shape index (κ1) is 15.1. The Kier molecular flexibility index (Phi) is 4.22. The second-order valence-electron chi connectivity index (χ2n) is 4.72. The fourth-order valence-corrected chi connectivity index (χ4v) is 3.38. The summed E-state index contributed by atoms with van der Waals surface area (Å²) < 4.78 is 27.4. The number of nitrogens with two attached hydrogens (primary N) is 1. The molecule has 20 heavy (non-hydrogen) atoms. The van der Waals surface area contributed by atoms with Gasteiger partial charge in [-0.3, -0.25) is 4.79 Å². The summed E-state index contributed by atoms with van der Waals surface area (Å²) in [4.78, 5) is 13.5. The summed E-state index contributed by atoms with van der Waals surface area (Å²) in [5.41, 5.74) is 0.543. The number of anilines is 1. The number of hydrogen-bond acceptors (Lipinski definition) is 4. The summed E-state index contributed by atoms with van der Waals surface area (Å²) in [6.07, 6.45) is 0.145. The van der Waals surface area contributed by atoms with Crippen molar-refractivity contribution in [2.24, 2.45) is 11.1 Å². The maximum atomic E-state index is 12.0. The van der Waals surface area contributed by atoms with Crippen LogP contribution in [-0.2, 0) is 14.8 Å².